The summed E-state index contributed by atoms with van der Waals surface area (Å²) in [5, 5.41) is 11.6. The van der Waals surface area contributed by atoms with Gasteiger partial charge >= 0.3 is 0 Å². The number of methoxy groups -OCH3 is 1. The normalized spacial score (nSPS) is 25.6. The number of aliphatic carboxylic acids is 1. The molecule has 0 N–H and O–H groups in total. The molecule has 23 heavy (non-hydrogen) atoms. The highest BCUT2D eigenvalue weighted by Crippen LogP contribution is 2.42. The molecule has 1 saturated heterocycles. The molecule has 1 aromatic carbocycles. The Labute approximate surface area is 136 Å². The number of ether oxygens (including phenoxy) is 1. The van der Waals surface area contributed by atoms with Crippen LogP contribution in [0, 0.1) is 5.92 Å². The van der Waals surface area contributed by atoms with Gasteiger partial charge < -0.3 is 19.5 Å². The molecule has 1 aliphatic heterocycles. The van der Waals surface area contributed by atoms with Gasteiger partial charge in [-0.15, -0.1) is 0 Å². The number of rotatable bonds is 4. The standard InChI is InChI=1S/C18H23NO4/c1-23-14-9-7-12(8-10-14)17-15(18(21)22)11-16(20)19(17)13-5-3-2-4-6-13/h7-10,13,15,17H,2-6,11H2,1H3,(H,21,22)/p-1/t15-,17-/m1/s1. The van der Waals surface area contributed by atoms with E-state index in [9.17, 15) is 14.7 Å². The molecule has 5 heteroatoms. The number of carbonyl (C=O) groups excluding carboxylic acids is 2. The van der Waals surface area contributed by atoms with Gasteiger partial charge in [0, 0.05) is 24.3 Å². The lowest BCUT2D eigenvalue weighted by Gasteiger charge is -2.37. The maximum absolute atomic E-state index is 12.5. The van der Waals surface area contributed by atoms with Crippen molar-refractivity contribution in [1.29, 1.82) is 0 Å². The van der Waals surface area contributed by atoms with Crippen LogP contribution in [0.15, 0.2) is 24.3 Å². The average molecular weight is 316 g/mol. The molecule has 5 nitrogen and oxygen atoms in total. The molecular weight excluding hydrogens is 294 g/mol. The lowest BCUT2D eigenvalue weighted by atomic mass is 9.90. The van der Waals surface area contributed by atoms with E-state index >= 15 is 0 Å². The number of likely N-dealkylation sites (tertiary alicyclic amines) is 1. The number of nitrogens with zero attached hydrogens (tertiary/aromatic N) is 1. The summed E-state index contributed by atoms with van der Waals surface area (Å²) in [6, 6.07) is 7.05. The van der Waals surface area contributed by atoms with Crippen LogP contribution in [0.1, 0.15) is 50.1 Å². The SMILES string of the molecule is COc1ccc([C@@H]2[C@H](C(=O)[O-])CC(=O)N2C2CCCCC2)cc1. The zero-order valence-electron chi connectivity index (χ0n) is 13.4. The molecule has 124 valence electrons. The Morgan fingerprint density at radius 3 is 2.39 bits per heavy atom. The van der Waals surface area contributed by atoms with Gasteiger partial charge in [0.25, 0.3) is 0 Å². The minimum atomic E-state index is -1.14. The summed E-state index contributed by atoms with van der Waals surface area (Å²) in [4.78, 5) is 25.9. The summed E-state index contributed by atoms with van der Waals surface area (Å²) in [5.41, 5.74) is 0.844. The monoisotopic (exact) mass is 316 g/mol. The van der Waals surface area contributed by atoms with Gasteiger partial charge in [0.05, 0.1) is 13.2 Å². The van der Waals surface area contributed by atoms with E-state index in [4.69, 9.17) is 4.74 Å². The molecule has 2 fully saturated rings. The lowest BCUT2D eigenvalue weighted by Crippen LogP contribution is -2.42. The van der Waals surface area contributed by atoms with E-state index in [1.54, 1.807) is 7.11 Å². The smallest absolute Gasteiger partial charge is 0.224 e. The van der Waals surface area contributed by atoms with Gasteiger partial charge in [-0.05, 0) is 30.5 Å². The largest absolute Gasteiger partial charge is 0.550 e. The molecule has 2 aliphatic rings. The lowest BCUT2D eigenvalue weighted by molar-refractivity contribution is -0.312. The molecule has 1 saturated carbocycles. The number of carboxylic acids is 1. The van der Waals surface area contributed by atoms with Crippen LogP contribution in [0.25, 0.3) is 0 Å². The van der Waals surface area contributed by atoms with Gasteiger partial charge in [0.15, 0.2) is 0 Å². The van der Waals surface area contributed by atoms with E-state index in [1.807, 2.05) is 29.2 Å². The highest BCUT2D eigenvalue weighted by Gasteiger charge is 2.44. The Morgan fingerprint density at radius 1 is 1.17 bits per heavy atom. The Balaban J connectivity index is 1.94. The van der Waals surface area contributed by atoms with Crippen LogP contribution in [-0.2, 0) is 9.59 Å². The van der Waals surface area contributed by atoms with Crippen molar-refractivity contribution in [2.45, 2.75) is 50.6 Å². The van der Waals surface area contributed by atoms with Crippen molar-refractivity contribution in [3.8, 4) is 5.75 Å². The number of carbonyl (C=O) groups is 2. The summed E-state index contributed by atoms with van der Waals surface area (Å²) in [5.74, 6) is -1.27. The first-order valence-corrected chi connectivity index (χ1v) is 8.28. The van der Waals surface area contributed by atoms with E-state index in [0.717, 1.165) is 31.2 Å². The van der Waals surface area contributed by atoms with Gasteiger partial charge in [-0.2, -0.15) is 0 Å². The third-order valence-electron chi connectivity index (χ3n) is 5.09. The molecular formula is C18H22NO4-. The predicted octanol–water partition coefficient (Wildman–Crippen LogP) is 1.67. The number of hydrogen-bond donors (Lipinski definition) is 0. The average Bonchev–Trinajstić information content (AvgIpc) is 2.93. The third-order valence-corrected chi connectivity index (χ3v) is 5.09. The molecule has 0 radical (unpaired) electrons. The first-order valence-electron chi connectivity index (χ1n) is 8.28. The summed E-state index contributed by atoms with van der Waals surface area (Å²) in [7, 11) is 1.59. The van der Waals surface area contributed by atoms with Crippen LogP contribution in [0.3, 0.4) is 0 Å². The van der Waals surface area contributed by atoms with Gasteiger partial charge in [0.1, 0.15) is 5.75 Å². The quantitative estimate of drug-likeness (QED) is 0.847. The van der Waals surface area contributed by atoms with Crippen molar-refractivity contribution in [3.63, 3.8) is 0 Å². The number of carboxylic acid groups (broad SMARTS) is 1. The Morgan fingerprint density at radius 2 is 1.83 bits per heavy atom. The fourth-order valence-corrected chi connectivity index (χ4v) is 3.95. The summed E-state index contributed by atoms with van der Waals surface area (Å²) >= 11 is 0. The Hall–Kier alpha value is -2.04. The third kappa shape index (κ3) is 3.05. The molecule has 0 spiro atoms. The van der Waals surface area contributed by atoms with Crippen molar-refractivity contribution < 1.29 is 19.4 Å². The highest BCUT2D eigenvalue weighted by molar-refractivity contribution is 5.87. The number of amides is 1. The first-order chi connectivity index (χ1) is 11.1. The van der Waals surface area contributed by atoms with E-state index in [1.165, 1.54) is 6.42 Å². The minimum Gasteiger partial charge on any atom is -0.550 e. The fourth-order valence-electron chi connectivity index (χ4n) is 3.95. The maximum atomic E-state index is 12.5. The van der Waals surface area contributed by atoms with E-state index in [0.29, 0.717) is 5.75 Å². The molecule has 3 rings (SSSR count). The number of benzene rings is 1. The van der Waals surface area contributed by atoms with Crippen molar-refractivity contribution >= 4 is 11.9 Å². The van der Waals surface area contributed by atoms with Gasteiger partial charge in [0.2, 0.25) is 5.91 Å². The van der Waals surface area contributed by atoms with Crippen LogP contribution < -0.4 is 9.84 Å². The minimum absolute atomic E-state index is 0.0372. The maximum Gasteiger partial charge on any atom is 0.224 e. The van der Waals surface area contributed by atoms with E-state index < -0.39 is 17.9 Å². The van der Waals surface area contributed by atoms with Crippen molar-refractivity contribution in [1.82, 2.24) is 4.90 Å². The first kappa shape index (κ1) is 15.8. The topological polar surface area (TPSA) is 69.7 Å². The fraction of sp³-hybridized carbons (Fsp3) is 0.556. The summed E-state index contributed by atoms with van der Waals surface area (Å²) in [6.45, 7) is 0. The molecule has 2 atom stereocenters. The molecule has 1 aromatic rings. The van der Waals surface area contributed by atoms with Crippen molar-refractivity contribution in [2.24, 2.45) is 5.92 Å². The van der Waals surface area contributed by atoms with E-state index in [2.05, 4.69) is 0 Å². The van der Waals surface area contributed by atoms with Crippen LogP contribution >= 0.6 is 0 Å². The molecule has 0 bridgehead atoms. The van der Waals surface area contributed by atoms with Gasteiger partial charge in [-0.1, -0.05) is 31.4 Å². The molecule has 0 aromatic heterocycles. The van der Waals surface area contributed by atoms with E-state index in [-0.39, 0.29) is 18.4 Å². The van der Waals surface area contributed by atoms with Crippen LogP contribution in [0.2, 0.25) is 0 Å². The summed E-state index contributed by atoms with van der Waals surface area (Å²) < 4.78 is 5.16. The second-order valence-corrected chi connectivity index (χ2v) is 6.44. The van der Waals surface area contributed by atoms with Crippen LogP contribution in [0.5, 0.6) is 5.75 Å². The van der Waals surface area contributed by atoms with Crippen molar-refractivity contribution in [3.05, 3.63) is 29.8 Å². The zero-order valence-corrected chi connectivity index (χ0v) is 13.4. The highest BCUT2D eigenvalue weighted by atomic mass is 16.5. The molecule has 1 heterocycles. The van der Waals surface area contributed by atoms with Gasteiger partial charge in [-0.3, -0.25) is 4.79 Å². The predicted molar refractivity (Wildman–Crippen MR) is 82.6 cm³/mol. The second kappa shape index (κ2) is 6.60. The Kier molecular flexibility index (Phi) is 4.55. The van der Waals surface area contributed by atoms with Crippen LogP contribution in [0.4, 0.5) is 0 Å². The van der Waals surface area contributed by atoms with Crippen LogP contribution in [-0.4, -0.2) is 29.9 Å². The Bertz CT molecular complexity index is 577. The second-order valence-electron chi connectivity index (χ2n) is 6.44. The zero-order chi connectivity index (χ0) is 16.4. The molecule has 1 amide bonds. The van der Waals surface area contributed by atoms with Gasteiger partial charge in [-0.25, -0.2) is 0 Å². The molecule has 0 unspecified atom stereocenters. The van der Waals surface area contributed by atoms with Crippen molar-refractivity contribution in [2.75, 3.05) is 7.11 Å². The molecule has 1 aliphatic carbocycles. The number of hydrogen-bond acceptors (Lipinski definition) is 4. The summed E-state index contributed by atoms with van der Waals surface area (Å²) in [6.07, 6.45) is 5.33.